The van der Waals surface area contributed by atoms with Crippen molar-refractivity contribution in [3.63, 3.8) is 0 Å². The molecule has 2 fully saturated rings. The van der Waals surface area contributed by atoms with Crippen molar-refractivity contribution in [1.82, 2.24) is 15.2 Å². The van der Waals surface area contributed by atoms with Gasteiger partial charge in [-0.1, -0.05) is 12.1 Å². The molecule has 2 amide bonds. The molecule has 1 aromatic heterocycles. The molecular weight excluding hydrogens is 468 g/mol. The lowest BCUT2D eigenvalue weighted by Gasteiger charge is -2.36. The summed E-state index contributed by atoms with van der Waals surface area (Å²) in [7, 11) is -2.14. The van der Waals surface area contributed by atoms with Crippen LogP contribution in [0, 0.1) is 19.8 Å². The minimum Gasteiger partial charge on any atom is -0.384 e. The van der Waals surface area contributed by atoms with E-state index in [0.29, 0.717) is 44.9 Å². The maximum atomic E-state index is 13.4. The van der Waals surface area contributed by atoms with E-state index in [1.165, 1.54) is 6.07 Å². The summed E-state index contributed by atoms with van der Waals surface area (Å²) in [5.74, 6) is -0.206. The third-order valence-corrected chi connectivity index (χ3v) is 7.86. The highest BCUT2D eigenvalue weighted by Gasteiger charge is 2.37. The van der Waals surface area contributed by atoms with Crippen LogP contribution >= 0.6 is 0 Å². The van der Waals surface area contributed by atoms with E-state index in [1.807, 2.05) is 20.0 Å². The van der Waals surface area contributed by atoms with Crippen LogP contribution in [0.4, 0.5) is 5.82 Å². The Labute approximate surface area is 206 Å². The summed E-state index contributed by atoms with van der Waals surface area (Å²) in [5.41, 5.74) is 2.89. The molecular formula is C25H32N4O5S. The summed E-state index contributed by atoms with van der Waals surface area (Å²) >= 11 is 0. The van der Waals surface area contributed by atoms with Crippen molar-refractivity contribution in [2.24, 2.45) is 5.92 Å². The SMILES string of the molecule is COCC1CNC(=O)[C@H]1c1ccc(C(=O)N2CCN(c3ncc(C)cc3C)CC2)c(S(C)(=O)=O)c1. The molecule has 2 aromatic rings. The maximum Gasteiger partial charge on any atom is 0.255 e. The van der Waals surface area contributed by atoms with Gasteiger partial charge in [0.15, 0.2) is 9.84 Å². The summed E-state index contributed by atoms with van der Waals surface area (Å²) in [6.07, 6.45) is 2.93. The van der Waals surface area contributed by atoms with Crippen LogP contribution in [0.25, 0.3) is 0 Å². The zero-order valence-electron chi connectivity index (χ0n) is 20.6. The highest BCUT2D eigenvalue weighted by molar-refractivity contribution is 7.90. The predicted molar refractivity (Wildman–Crippen MR) is 132 cm³/mol. The number of amides is 2. The van der Waals surface area contributed by atoms with E-state index in [9.17, 15) is 18.0 Å². The highest BCUT2D eigenvalue weighted by Crippen LogP contribution is 2.32. The molecule has 1 N–H and O–H groups in total. The Balaban J connectivity index is 1.56. The summed E-state index contributed by atoms with van der Waals surface area (Å²) in [6.45, 7) is 6.99. The van der Waals surface area contributed by atoms with E-state index < -0.39 is 15.8 Å². The Morgan fingerprint density at radius 1 is 1.17 bits per heavy atom. The normalized spacial score (nSPS) is 20.7. The predicted octanol–water partition coefficient (Wildman–Crippen LogP) is 1.54. The molecule has 2 atom stereocenters. The molecule has 0 radical (unpaired) electrons. The van der Waals surface area contributed by atoms with E-state index in [-0.39, 0.29) is 28.2 Å². The molecule has 0 bridgehead atoms. The lowest BCUT2D eigenvalue weighted by Crippen LogP contribution is -2.49. The van der Waals surface area contributed by atoms with Gasteiger partial charge in [-0.15, -0.1) is 0 Å². The molecule has 4 rings (SSSR count). The molecule has 3 heterocycles. The van der Waals surface area contributed by atoms with Crippen molar-refractivity contribution in [1.29, 1.82) is 0 Å². The van der Waals surface area contributed by atoms with E-state index >= 15 is 0 Å². The van der Waals surface area contributed by atoms with Crippen LogP contribution in [-0.2, 0) is 19.4 Å². The minimum atomic E-state index is -3.71. The van der Waals surface area contributed by atoms with E-state index in [4.69, 9.17) is 4.74 Å². The van der Waals surface area contributed by atoms with Gasteiger partial charge in [-0.25, -0.2) is 13.4 Å². The van der Waals surface area contributed by atoms with Gasteiger partial charge in [-0.2, -0.15) is 0 Å². The molecule has 0 saturated carbocycles. The first-order chi connectivity index (χ1) is 16.6. The lowest BCUT2D eigenvalue weighted by atomic mass is 9.88. The van der Waals surface area contributed by atoms with Gasteiger partial charge in [-0.3, -0.25) is 9.59 Å². The zero-order valence-corrected chi connectivity index (χ0v) is 21.4. The molecule has 0 spiro atoms. The second-order valence-corrected chi connectivity index (χ2v) is 11.4. The standard InChI is InChI=1S/C25H32N4O5S/c1-16-11-17(2)23(26-13-16)28-7-9-29(10-8-28)25(31)20-6-5-18(12-21(20)35(4,32)33)22-19(15-34-3)14-27-24(22)30/h5-6,11-13,19,22H,7-10,14-15H2,1-4H3,(H,27,30)/t19?,22-/m0/s1. The first-order valence-electron chi connectivity index (χ1n) is 11.7. The van der Waals surface area contributed by atoms with Gasteiger partial charge in [0.25, 0.3) is 5.91 Å². The molecule has 2 saturated heterocycles. The fourth-order valence-electron chi connectivity index (χ4n) is 5.01. The van der Waals surface area contributed by atoms with Crippen molar-refractivity contribution < 1.29 is 22.7 Å². The number of sulfone groups is 1. The van der Waals surface area contributed by atoms with Crippen molar-refractivity contribution in [2.45, 2.75) is 24.7 Å². The number of methoxy groups -OCH3 is 1. The van der Waals surface area contributed by atoms with Crippen LogP contribution in [-0.4, -0.2) is 82.8 Å². The summed E-state index contributed by atoms with van der Waals surface area (Å²) < 4.78 is 30.6. The molecule has 2 aliphatic heterocycles. The number of benzene rings is 1. The van der Waals surface area contributed by atoms with Gasteiger partial charge in [0, 0.05) is 58.2 Å². The van der Waals surface area contributed by atoms with E-state index in [0.717, 1.165) is 23.2 Å². The summed E-state index contributed by atoms with van der Waals surface area (Å²) in [5, 5.41) is 2.82. The van der Waals surface area contributed by atoms with Crippen LogP contribution in [0.15, 0.2) is 35.4 Å². The van der Waals surface area contributed by atoms with Crippen molar-refractivity contribution >= 4 is 27.5 Å². The number of nitrogens with zero attached hydrogens (tertiary/aromatic N) is 3. The Morgan fingerprint density at radius 2 is 1.89 bits per heavy atom. The van der Waals surface area contributed by atoms with Crippen LogP contribution < -0.4 is 10.2 Å². The number of carbonyl (C=O) groups is 2. The van der Waals surface area contributed by atoms with Crippen LogP contribution in [0.5, 0.6) is 0 Å². The highest BCUT2D eigenvalue weighted by atomic mass is 32.2. The number of anilines is 1. The van der Waals surface area contributed by atoms with E-state index in [1.54, 1.807) is 24.1 Å². The first kappa shape index (κ1) is 25.1. The molecule has 0 aliphatic carbocycles. The number of ether oxygens (including phenoxy) is 1. The number of hydrogen-bond donors (Lipinski definition) is 1. The smallest absolute Gasteiger partial charge is 0.255 e. The number of aryl methyl sites for hydroxylation is 2. The molecule has 1 aromatic carbocycles. The Kier molecular flexibility index (Phi) is 7.14. The van der Waals surface area contributed by atoms with Gasteiger partial charge in [0.2, 0.25) is 5.91 Å². The average Bonchev–Trinajstić information content (AvgIpc) is 3.18. The quantitative estimate of drug-likeness (QED) is 0.641. The molecule has 35 heavy (non-hydrogen) atoms. The third-order valence-electron chi connectivity index (χ3n) is 6.72. The minimum absolute atomic E-state index is 0.0469. The number of rotatable bonds is 6. The second-order valence-electron chi connectivity index (χ2n) is 9.40. The molecule has 9 nitrogen and oxygen atoms in total. The number of nitrogens with one attached hydrogen (secondary N) is 1. The first-order valence-corrected chi connectivity index (χ1v) is 13.6. The summed E-state index contributed by atoms with van der Waals surface area (Å²) in [6, 6.07) is 6.80. The molecule has 1 unspecified atom stereocenters. The average molecular weight is 501 g/mol. The molecule has 2 aliphatic rings. The Morgan fingerprint density at radius 3 is 2.51 bits per heavy atom. The third kappa shape index (κ3) is 5.18. The maximum absolute atomic E-state index is 13.4. The van der Waals surface area contributed by atoms with Gasteiger partial charge in [-0.05, 0) is 42.7 Å². The monoisotopic (exact) mass is 500 g/mol. The molecule has 10 heteroatoms. The van der Waals surface area contributed by atoms with Gasteiger partial charge in [0.05, 0.1) is 23.0 Å². The lowest BCUT2D eigenvalue weighted by molar-refractivity contribution is -0.120. The number of hydrogen-bond acceptors (Lipinski definition) is 7. The number of piperazine rings is 1. The van der Waals surface area contributed by atoms with Crippen molar-refractivity contribution in [3.05, 3.63) is 52.7 Å². The number of pyridine rings is 1. The zero-order chi connectivity index (χ0) is 25.3. The second kappa shape index (κ2) is 9.94. The van der Waals surface area contributed by atoms with Crippen molar-refractivity contribution in [3.8, 4) is 0 Å². The van der Waals surface area contributed by atoms with Crippen LogP contribution in [0.3, 0.4) is 0 Å². The van der Waals surface area contributed by atoms with Crippen molar-refractivity contribution in [2.75, 3.05) is 57.6 Å². The van der Waals surface area contributed by atoms with Gasteiger partial charge >= 0.3 is 0 Å². The van der Waals surface area contributed by atoms with Gasteiger partial charge in [0.1, 0.15) is 5.82 Å². The fraction of sp³-hybridized carbons (Fsp3) is 0.480. The number of carbonyl (C=O) groups excluding carboxylic acids is 2. The van der Waals surface area contributed by atoms with Crippen LogP contribution in [0.1, 0.15) is 33.0 Å². The number of aromatic nitrogens is 1. The largest absolute Gasteiger partial charge is 0.384 e. The molecule has 188 valence electrons. The van der Waals surface area contributed by atoms with Gasteiger partial charge < -0.3 is 19.9 Å². The Bertz CT molecular complexity index is 1240. The Hall–Kier alpha value is -2.98. The van der Waals surface area contributed by atoms with E-state index in [2.05, 4.69) is 21.3 Å². The van der Waals surface area contributed by atoms with Crippen LogP contribution in [0.2, 0.25) is 0 Å². The topological polar surface area (TPSA) is 109 Å². The summed E-state index contributed by atoms with van der Waals surface area (Å²) in [4.78, 5) is 34.2. The fourth-order valence-corrected chi connectivity index (χ4v) is 5.92.